The number of anilines is 2. The average molecular weight is 360 g/mol. The van der Waals surface area contributed by atoms with E-state index in [9.17, 15) is 0 Å². The molecule has 118 valence electrons. The van der Waals surface area contributed by atoms with Gasteiger partial charge >= 0.3 is 0 Å². The van der Waals surface area contributed by atoms with Gasteiger partial charge < -0.3 is 14.5 Å². The lowest BCUT2D eigenvalue weighted by atomic mass is 10.3. The molecule has 2 aromatic heterocycles. The molecule has 0 saturated carbocycles. The summed E-state index contributed by atoms with van der Waals surface area (Å²) in [5.41, 5.74) is 0. The van der Waals surface area contributed by atoms with Gasteiger partial charge in [-0.05, 0) is 6.07 Å². The second kappa shape index (κ2) is 6.95. The Labute approximate surface area is 142 Å². The zero-order valence-corrected chi connectivity index (χ0v) is 14.3. The number of nitrogens with zero attached hydrogens (tertiary/aromatic N) is 5. The zero-order chi connectivity index (χ0) is 15.5. The minimum atomic E-state index is 0.445. The molecule has 0 aliphatic carbocycles. The number of rotatable bonds is 4. The molecule has 0 amide bonds. The van der Waals surface area contributed by atoms with Crippen LogP contribution in [-0.4, -0.2) is 47.6 Å². The fraction of sp³-hybridized carbons (Fsp3) is 0.462. The lowest BCUT2D eigenvalue weighted by Crippen LogP contribution is -2.47. The maximum Gasteiger partial charge on any atom is 0.205 e. The van der Waals surface area contributed by atoms with Crippen LogP contribution >= 0.6 is 34.7 Å². The van der Waals surface area contributed by atoms with Gasteiger partial charge in [-0.1, -0.05) is 23.2 Å². The van der Waals surface area contributed by atoms with Crippen molar-refractivity contribution in [3.63, 3.8) is 0 Å². The number of hydrogen-bond acceptors (Lipinski definition) is 7. The molecule has 1 fully saturated rings. The first-order valence-electron chi connectivity index (χ1n) is 6.80. The van der Waals surface area contributed by atoms with Crippen LogP contribution in [0.3, 0.4) is 0 Å². The van der Waals surface area contributed by atoms with Crippen LogP contribution in [0.1, 0.15) is 5.82 Å². The van der Waals surface area contributed by atoms with E-state index in [0.717, 1.165) is 43.0 Å². The van der Waals surface area contributed by atoms with Crippen LogP contribution in [0.25, 0.3) is 0 Å². The average Bonchev–Trinajstić information content (AvgIpc) is 2.97. The van der Waals surface area contributed by atoms with Gasteiger partial charge in [0.1, 0.15) is 12.4 Å². The highest BCUT2D eigenvalue weighted by molar-refractivity contribution is 7.09. The zero-order valence-electron chi connectivity index (χ0n) is 12.0. The summed E-state index contributed by atoms with van der Waals surface area (Å²) in [5.74, 6) is 1.51. The van der Waals surface area contributed by atoms with Crippen molar-refractivity contribution in [3.8, 4) is 0 Å². The molecule has 9 heteroatoms. The number of piperazine rings is 1. The van der Waals surface area contributed by atoms with E-state index in [0.29, 0.717) is 16.7 Å². The molecule has 22 heavy (non-hydrogen) atoms. The lowest BCUT2D eigenvalue weighted by molar-refractivity contribution is 0.179. The van der Waals surface area contributed by atoms with Gasteiger partial charge in [-0.25, -0.2) is 9.97 Å². The number of hydrogen-bond donors (Lipinski definition) is 0. The van der Waals surface area contributed by atoms with E-state index >= 15 is 0 Å². The van der Waals surface area contributed by atoms with E-state index in [1.807, 2.05) is 0 Å². The Morgan fingerprint density at radius 1 is 1.23 bits per heavy atom. The Balaban J connectivity index is 1.64. The van der Waals surface area contributed by atoms with Crippen molar-refractivity contribution < 1.29 is 4.74 Å². The van der Waals surface area contributed by atoms with Gasteiger partial charge in [-0.3, -0.25) is 0 Å². The smallest absolute Gasteiger partial charge is 0.205 e. The number of halogens is 2. The molecule has 1 saturated heterocycles. The minimum Gasteiger partial charge on any atom is -0.377 e. The number of pyridine rings is 1. The molecule has 1 aliphatic heterocycles. The SMILES string of the molecule is COCc1nsc(N2CCN(c3ncc(Cl)cc3Cl)CC2)n1. The topological polar surface area (TPSA) is 54.4 Å². The Morgan fingerprint density at radius 2 is 1.95 bits per heavy atom. The first kappa shape index (κ1) is 15.7. The molecular formula is C13H15Cl2N5OS. The first-order valence-corrected chi connectivity index (χ1v) is 8.33. The van der Waals surface area contributed by atoms with Crippen LogP contribution in [0.2, 0.25) is 10.0 Å². The highest BCUT2D eigenvalue weighted by Gasteiger charge is 2.22. The molecular weight excluding hydrogens is 345 g/mol. The highest BCUT2D eigenvalue weighted by atomic mass is 35.5. The van der Waals surface area contributed by atoms with E-state index in [1.54, 1.807) is 19.4 Å². The van der Waals surface area contributed by atoms with Crippen LogP contribution in [-0.2, 0) is 11.3 Å². The summed E-state index contributed by atoms with van der Waals surface area (Å²) in [5, 5.41) is 2.06. The standard InChI is InChI=1S/C13H15Cl2N5OS/c1-21-8-11-17-13(22-18-11)20-4-2-19(3-5-20)12-10(15)6-9(14)7-16-12/h6-7H,2-5,8H2,1H3. The fourth-order valence-corrected chi connectivity index (χ4v) is 3.53. The second-order valence-corrected chi connectivity index (χ2v) is 6.43. The van der Waals surface area contributed by atoms with Crippen molar-refractivity contribution in [2.24, 2.45) is 0 Å². The van der Waals surface area contributed by atoms with Crippen molar-refractivity contribution in [2.75, 3.05) is 43.1 Å². The van der Waals surface area contributed by atoms with E-state index in [2.05, 4.69) is 24.1 Å². The quantitative estimate of drug-likeness (QED) is 0.836. The van der Waals surface area contributed by atoms with Crippen molar-refractivity contribution >= 4 is 45.7 Å². The molecule has 2 aromatic rings. The van der Waals surface area contributed by atoms with E-state index < -0.39 is 0 Å². The molecule has 0 bridgehead atoms. The Bertz CT molecular complexity index is 645. The van der Waals surface area contributed by atoms with Crippen LogP contribution < -0.4 is 9.80 Å². The monoisotopic (exact) mass is 359 g/mol. The maximum absolute atomic E-state index is 6.22. The summed E-state index contributed by atoms with van der Waals surface area (Å²) in [6.45, 7) is 3.80. The third-order valence-corrected chi connectivity index (χ3v) is 4.67. The summed E-state index contributed by atoms with van der Waals surface area (Å²) in [6, 6.07) is 1.72. The normalized spacial score (nSPS) is 15.4. The molecule has 0 unspecified atom stereocenters. The molecule has 0 atom stereocenters. The van der Waals surface area contributed by atoms with Crippen LogP contribution in [0.15, 0.2) is 12.3 Å². The Kier molecular flexibility index (Phi) is 4.97. The lowest BCUT2D eigenvalue weighted by Gasteiger charge is -2.35. The van der Waals surface area contributed by atoms with Crippen molar-refractivity contribution in [1.29, 1.82) is 0 Å². The molecule has 0 aromatic carbocycles. The first-order chi connectivity index (χ1) is 10.7. The number of aromatic nitrogens is 3. The summed E-state index contributed by atoms with van der Waals surface area (Å²) in [7, 11) is 1.64. The molecule has 0 radical (unpaired) electrons. The molecule has 0 N–H and O–H groups in total. The summed E-state index contributed by atoms with van der Waals surface area (Å²) >= 11 is 13.5. The summed E-state index contributed by atoms with van der Waals surface area (Å²) in [4.78, 5) is 13.2. The van der Waals surface area contributed by atoms with Gasteiger partial charge in [0.15, 0.2) is 5.82 Å². The fourth-order valence-electron chi connectivity index (χ4n) is 2.31. The van der Waals surface area contributed by atoms with Gasteiger partial charge in [0.05, 0.1) is 10.0 Å². The molecule has 3 heterocycles. The molecule has 1 aliphatic rings. The predicted molar refractivity (Wildman–Crippen MR) is 89.3 cm³/mol. The van der Waals surface area contributed by atoms with Crippen molar-refractivity contribution in [1.82, 2.24) is 14.3 Å². The van der Waals surface area contributed by atoms with Crippen molar-refractivity contribution in [3.05, 3.63) is 28.1 Å². The second-order valence-electron chi connectivity index (χ2n) is 4.86. The van der Waals surface area contributed by atoms with Crippen molar-refractivity contribution in [2.45, 2.75) is 6.61 Å². The third-order valence-electron chi connectivity index (χ3n) is 3.37. The maximum atomic E-state index is 6.22. The molecule has 6 nitrogen and oxygen atoms in total. The summed E-state index contributed by atoms with van der Waals surface area (Å²) in [6.07, 6.45) is 1.62. The van der Waals surface area contributed by atoms with Crippen LogP contribution in [0.4, 0.5) is 10.9 Å². The molecule has 3 rings (SSSR count). The highest BCUT2D eigenvalue weighted by Crippen LogP contribution is 2.28. The minimum absolute atomic E-state index is 0.445. The van der Waals surface area contributed by atoms with E-state index in [1.165, 1.54) is 11.5 Å². The van der Waals surface area contributed by atoms with Crippen LogP contribution in [0.5, 0.6) is 0 Å². The molecule has 0 spiro atoms. The Morgan fingerprint density at radius 3 is 2.64 bits per heavy atom. The van der Waals surface area contributed by atoms with Gasteiger partial charge in [0.25, 0.3) is 0 Å². The predicted octanol–water partition coefficient (Wildman–Crippen LogP) is 2.71. The number of methoxy groups -OCH3 is 1. The van der Waals surface area contributed by atoms with Crippen LogP contribution in [0, 0.1) is 0 Å². The van der Waals surface area contributed by atoms with Gasteiger partial charge in [0.2, 0.25) is 5.13 Å². The van der Waals surface area contributed by atoms with Gasteiger partial charge in [-0.2, -0.15) is 4.37 Å². The Hall–Kier alpha value is -1.15. The summed E-state index contributed by atoms with van der Waals surface area (Å²) < 4.78 is 9.33. The van der Waals surface area contributed by atoms with Gasteiger partial charge in [-0.15, -0.1) is 0 Å². The van der Waals surface area contributed by atoms with Gasteiger partial charge in [0, 0.05) is 51.0 Å². The largest absolute Gasteiger partial charge is 0.377 e. The number of ether oxygens (including phenoxy) is 1. The third kappa shape index (κ3) is 3.43. The van der Waals surface area contributed by atoms with E-state index in [4.69, 9.17) is 27.9 Å². The van der Waals surface area contributed by atoms with E-state index in [-0.39, 0.29) is 0 Å².